The molecule has 1 aliphatic rings. The van der Waals surface area contributed by atoms with Crippen molar-refractivity contribution < 1.29 is 4.79 Å². The normalized spacial score (nSPS) is 33.4. The number of Topliss-reactive ketones (excluding diaryl/α,β-unsaturated/α-hetero) is 1. The summed E-state index contributed by atoms with van der Waals surface area (Å²) in [6.07, 6.45) is 0.155. The van der Waals surface area contributed by atoms with E-state index in [0.29, 0.717) is 0 Å². The molecule has 0 saturated carbocycles. The van der Waals surface area contributed by atoms with Crippen molar-refractivity contribution in [1.82, 2.24) is 16.1 Å². The Morgan fingerprint density at radius 1 is 1.69 bits per heavy atom. The predicted octanol–water partition coefficient (Wildman–Crippen LogP) is -1.55. The Morgan fingerprint density at radius 3 is 2.85 bits per heavy atom. The molecular formula is C7H17N5O. The molecule has 0 aromatic carbocycles. The number of hydrogen-bond donors (Lipinski definition) is 4. The Labute approximate surface area is 77.5 Å². The van der Waals surface area contributed by atoms with E-state index in [0.717, 1.165) is 11.5 Å². The molecule has 76 valence electrons. The molecule has 1 aliphatic heterocycles. The Balaban J connectivity index is 2.64. The second-order valence-corrected chi connectivity index (χ2v) is 3.37. The number of carbonyl (C=O) groups excluding carboxylic acids is 1. The van der Waals surface area contributed by atoms with Crippen LogP contribution in [0.5, 0.6) is 0 Å². The average Bonchev–Trinajstić information content (AvgIpc) is 2.13. The summed E-state index contributed by atoms with van der Waals surface area (Å²) in [7, 11) is 0. The van der Waals surface area contributed by atoms with E-state index in [9.17, 15) is 4.79 Å². The molecular weight excluding hydrogens is 170 g/mol. The van der Waals surface area contributed by atoms with Crippen molar-refractivity contribution in [3.8, 4) is 0 Å². The van der Waals surface area contributed by atoms with E-state index >= 15 is 0 Å². The summed E-state index contributed by atoms with van der Waals surface area (Å²) in [5.74, 6) is 5.56. The third-order valence-corrected chi connectivity index (χ3v) is 2.46. The van der Waals surface area contributed by atoms with Gasteiger partial charge in [-0.05, 0) is 5.92 Å². The molecule has 0 radical (unpaired) electrons. The van der Waals surface area contributed by atoms with Gasteiger partial charge in [0.1, 0.15) is 6.17 Å². The zero-order valence-electron chi connectivity index (χ0n) is 7.95. The smallest absolute Gasteiger partial charge is 0.185 e. The van der Waals surface area contributed by atoms with Crippen LogP contribution in [-0.4, -0.2) is 23.1 Å². The number of nitrogens with two attached hydrogens (primary N) is 2. The molecule has 0 aromatic rings. The van der Waals surface area contributed by atoms with Gasteiger partial charge < -0.3 is 5.73 Å². The molecule has 1 rings (SSSR count). The fourth-order valence-corrected chi connectivity index (χ4v) is 1.26. The number of hydrazine groups is 3. The average molecular weight is 187 g/mol. The SMILES string of the molecule is CCC(C)C1NNN(N)C(N)C1=O. The molecule has 3 unspecified atom stereocenters. The number of rotatable bonds is 2. The topological polar surface area (TPSA) is 96.4 Å². The fourth-order valence-electron chi connectivity index (χ4n) is 1.26. The molecule has 0 amide bonds. The van der Waals surface area contributed by atoms with Crippen LogP contribution in [0.15, 0.2) is 0 Å². The molecule has 0 aromatic heterocycles. The summed E-state index contributed by atoms with van der Waals surface area (Å²) in [6, 6.07) is -0.250. The van der Waals surface area contributed by atoms with E-state index in [1.165, 1.54) is 0 Å². The Hall–Kier alpha value is -0.530. The minimum atomic E-state index is -0.764. The standard InChI is InChI=1S/C7H17N5O/c1-3-4(2)5-6(13)7(8)12(9)11-10-5/h4-5,7,10-11H,3,8-9H2,1-2H3. The van der Waals surface area contributed by atoms with Gasteiger partial charge in [0.25, 0.3) is 0 Å². The van der Waals surface area contributed by atoms with Crippen molar-refractivity contribution in [3.05, 3.63) is 0 Å². The Kier molecular flexibility index (Phi) is 3.34. The zero-order valence-corrected chi connectivity index (χ0v) is 7.95. The summed E-state index contributed by atoms with van der Waals surface area (Å²) in [5, 5.41) is 1.07. The van der Waals surface area contributed by atoms with Crippen LogP contribution in [0.2, 0.25) is 0 Å². The van der Waals surface area contributed by atoms with Crippen LogP contribution in [-0.2, 0) is 4.79 Å². The van der Waals surface area contributed by atoms with Crippen molar-refractivity contribution in [2.24, 2.45) is 17.5 Å². The number of hydrogen-bond acceptors (Lipinski definition) is 6. The molecule has 6 nitrogen and oxygen atoms in total. The molecule has 1 saturated heterocycles. The van der Waals surface area contributed by atoms with E-state index < -0.39 is 6.17 Å². The van der Waals surface area contributed by atoms with E-state index in [-0.39, 0.29) is 17.7 Å². The number of ketones is 1. The maximum Gasteiger partial charge on any atom is 0.185 e. The van der Waals surface area contributed by atoms with Crippen molar-refractivity contribution in [2.45, 2.75) is 32.5 Å². The van der Waals surface area contributed by atoms with Crippen LogP contribution in [0, 0.1) is 5.92 Å². The van der Waals surface area contributed by atoms with Gasteiger partial charge in [0, 0.05) is 0 Å². The van der Waals surface area contributed by atoms with Crippen LogP contribution < -0.4 is 22.5 Å². The van der Waals surface area contributed by atoms with Gasteiger partial charge in [0.05, 0.1) is 6.04 Å². The molecule has 6 N–H and O–H groups in total. The largest absolute Gasteiger partial charge is 0.307 e. The highest BCUT2D eigenvalue weighted by Crippen LogP contribution is 2.11. The summed E-state index contributed by atoms with van der Waals surface area (Å²) >= 11 is 0. The molecule has 0 bridgehead atoms. The molecule has 0 aliphatic carbocycles. The van der Waals surface area contributed by atoms with Gasteiger partial charge in [-0.1, -0.05) is 20.3 Å². The van der Waals surface area contributed by atoms with Gasteiger partial charge in [0.2, 0.25) is 0 Å². The minimum Gasteiger partial charge on any atom is -0.307 e. The van der Waals surface area contributed by atoms with Crippen molar-refractivity contribution in [1.29, 1.82) is 0 Å². The first-order valence-electron chi connectivity index (χ1n) is 4.42. The summed E-state index contributed by atoms with van der Waals surface area (Å²) in [4.78, 5) is 11.6. The molecule has 1 heterocycles. The lowest BCUT2D eigenvalue weighted by Crippen LogP contribution is -2.73. The first-order valence-corrected chi connectivity index (χ1v) is 4.42. The van der Waals surface area contributed by atoms with Gasteiger partial charge in [-0.15, -0.1) is 5.12 Å². The maximum absolute atomic E-state index is 11.6. The highest BCUT2D eigenvalue weighted by Gasteiger charge is 2.34. The highest BCUT2D eigenvalue weighted by atomic mass is 16.1. The molecule has 1 fully saturated rings. The van der Waals surface area contributed by atoms with E-state index in [1.54, 1.807) is 0 Å². The summed E-state index contributed by atoms with van der Waals surface area (Å²) in [5.41, 5.74) is 11.0. The van der Waals surface area contributed by atoms with Crippen LogP contribution in [0.4, 0.5) is 0 Å². The second-order valence-electron chi connectivity index (χ2n) is 3.37. The maximum atomic E-state index is 11.6. The Morgan fingerprint density at radius 2 is 2.31 bits per heavy atom. The first kappa shape index (κ1) is 10.6. The molecule has 13 heavy (non-hydrogen) atoms. The van der Waals surface area contributed by atoms with Gasteiger partial charge in [-0.25, -0.2) is 5.43 Å². The number of nitrogens with zero attached hydrogens (tertiary/aromatic N) is 1. The number of nitrogens with one attached hydrogen (secondary N) is 2. The summed E-state index contributed by atoms with van der Waals surface area (Å²) in [6.45, 7) is 4.02. The van der Waals surface area contributed by atoms with E-state index in [4.69, 9.17) is 11.6 Å². The van der Waals surface area contributed by atoms with Crippen LogP contribution in [0.1, 0.15) is 20.3 Å². The zero-order chi connectivity index (χ0) is 10.0. The lowest BCUT2D eigenvalue weighted by atomic mass is 9.94. The van der Waals surface area contributed by atoms with Gasteiger partial charge >= 0.3 is 0 Å². The van der Waals surface area contributed by atoms with Crippen molar-refractivity contribution in [3.63, 3.8) is 0 Å². The molecule has 6 heteroatoms. The molecule has 3 atom stereocenters. The first-order chi connectivity index (χ1) is 6.07. The third-order valence-electron chi connectivity index (χ3n) is 2.46. The van der Waals surface area contributed by atoms with Gasteiger partial charge in [-0.3, -0.25) is 10.6 Å². The van der Waals surface area contributed by atoms with Crippen LogP contribution in [0.3, 0.4) is 0 Å². The van der Waals surface area contributed by atoms with Crippen molar-refractivity contribution >= 4 is 5.78 Å². The number of carbonyl (C=O) groups is 1. The highest BCUT2D eigenvalue weighted by molar-refractivity contribution is 5.89. The minimum absolute atomic E-state index is 0.0735. The van der Waals surface area contributed by atoms with E-state index in [2.05, 4.69) is 11.0 Å². The van der Waals surface area contributed by atoms with Crippen LogP contribution in [0.25, 0.3) is 0 Å². The van der Waals surface area contributed by atoms with E-state index in [1.807, 2.05) is 13.8 Å². The predicted molar refractivity (Wildman–Crippen MR) is 48.5 cm³/mol. The third kappa shape index (κ3) is 2.04. The second kappa shape index (κ2) is 4.12. The van der Waals surface area contributed by atoms with Crippen molar-refractivity contribution in [2.75, 3.05) is 0 Å². The summed E-state index contributed by atoms with van der Waals surface area (Å²) < 4.78 is 0. The Bertz CT molecular complexity index is 197. The van der Waals surface area contributed by atoms with Gasteiger partial charge in [0.15, 0.2) is 5.78 Å². The van der Waals surface area contributed by atoms with Gasteiger partial charge in [-0.2, -0.15) is 5.53 Å². The molecule has 0 spiro atoms. The fraction of sp³-hybridized carbons (Fsp3) is 0.857. The lowest BCUT2D eigenvalue weighted by Gasteiger charge is -2.36. The monoisotopic (exact) mass is 187 g/mol. The lowest BCUT2D eigenvalue weighted by molar-refractivity contribution is -0.136. The van der Waals surface area contributed by atoms with Crippen LogP contribution >= 0.6 is 0 Å². The quantitative estimate of drug-likeness (QED) is 0.391.